The lowest BCUT2D eigenvalue weighted by molar-refractivity contribution is 0.342. The number of nitrogens with one attached hydrogen (secondary N) is 1. The molecule has 0 spiro atoms. The van der Waals surface area contributed by atoms with E-state index in [1.807, 2.05) is 6.92 Å². The molecule has 0 saturated carbocycles. The Bertz CT molecular complexity index is 1110. The maximum absolute atomic E-state index is 13.0. The zero-order valence-corrected chi connectivity index (χ0v) is 18.4. The maximum atomic E-state index is 13.0. The van der Waals surface area contributed by atoms with Crippen LogP contribution in [0, 0.1) is 13.8 Å². The van der Waals surface area contributed by atoms with E-state index in [9.17, 15) is 16.8 Å². The number of rotatable bonds is 6. The van der Waals surface area contributed by atoms with Crippen LogP contribution in [-0.2, 0) is 20.0 Å². The monoisotopic (exact) mass is 438 g/mol. The molecule has 0 bridgehead atoms. The molecule has 0 unspecified atom stereocenters. The van der Waals surface area contributed by atoms with Gasteiger partial charge in [-0.3, -0.25) is 9.03 Å². The topological polar surface area (TPSA) is 92.8 Å². The third-order valence-corrected chi connectivity index (χ3v) is 8.20. The average molecular weight is 439 g/mol. The smallest absolute Gasteiger partial charge is 0.262 e. The summed E-state index contributed by atoms with van der Waals surface area (Å²) in [6, 6.07) is 10.00. The van der Waals surface area contributed by atoms with Crippen molar-refractivity contribution in [3.63, 3.8) is 0 Å². The van der Waals surface area contributed by atoms with Crippen LogP contribution >= 0.6 is 0 Å². The number of hydrogen-bond acceptors (Lipinski definition) is 5. The minimum absolute atomic E-state index is 0.111. The van der Waals surface area contributed by atoms with Gasteiger partial charge >= 0.3 is 0 Å². The van der Waals surface area contributed by atoms with E-state index in [1.165, 1.54) is 10.4 Å². The molecule has 2 aromatic rings. The lowest BCUT2D eigenvalue weighted by Crippen LogP contribution is -2.38. The lowest BCUT2D eigenvalue weighted by atomic mass is 10.1. The molecule has 1 aliphatic heterocycles. The van der Waals surface area contributed by atoms with E-state index < -0.39 is 20.0 Å². The fraction of sp³-hybridized carbons (Fsp3) is 0.400. The molecule has 0 aliphatic carbocycles. The van der Waals surface area contributed by atoms with Gasteiger partial charge in [0, 0.05) is 6.54 Å². The predicted octanol–water partition coefficient (Wildman–Crippen LogP) is 3.43. The van der Waals surface area contributed by atoms with E-state index in [1.54, 1.807) is 44.2 Å². The van der Waals surface area contributed by atoms with E-state index in [4.69, 9.17) is 4.74 Å². The van der Waals surface area contributed by atoms with Crippen LogP contribution in [0.4, 0.5) is 11.4 Å². The maximum Gasteiger partial charge on any atom is 0.262 e. The first-order valence-corrected chi connectivity index (χ1v) is 12.6. The molecule has 158 valence electrons. The third-order valence-electron chi connectivity index (χ3n) is 4.83. The van der Waals surface area contributed by atoms with Crippen molar-refractivity contribution in [2.75, 3.05) is 27.9 Å². The molecule has 0 amide bonds. The number of para-hydroxylation sites is 2. The Kier molecular flexibility index (Phi) is 6.09. The van der Waals surface area contributed by atoms with Crippen molar-refractivity contribution in [1.29, 1.82) is 0 Å². The Hall–Kier alpha value is -2.26. The zero-order valence-electron chi connectivity index (χ0n) is 16.8. The minimum Gasteiger partial charge on any atom is -0.492 e. The van der Waals surface area contributed by atoms with Crippen molar-refractivity contribution >= 4 is 31.4 Å². The van der Waals surface area contributed by atoms with Gasteiger partial charge in [-0.15, -0.1) is 0 Å². The lowest BCUT2D eigenvalue weighted by Gasteiger charge is -2.30. The van der Waals surface area contributed by atoms with Gasteiger partial charge in [-0.1, -0.05) is 12.1 Å². The van der Waals surface area contributed by atoms with Gasteiger partial charge in [0.05, 0.1) is 28.6 Å². The second-order valence-corrected chi connectivity index (χ2v) is 10.7. The normalized spacial score (nSPS) is 16.4. The molecular weight excluding hydrogens is 412 g/mol. The van der Waals surface area contributed by atoms with Gasteiger partial charge in [-0.2, -0.15) is 0 Å². The summed E-state index contributed by atoms with van der Waals surface area (Å²) in [5.41, 5.74) is 1.97. The van der Waals surface area contributed by atoms with Gasteiger partial charge in [0.25, 0.3) is 10.0 Å². The number of sulfonamides is 2. The van der Waals surface area contributed by atoms with Gasteiger partial charge in [0.2, 0.25) is 10.0 Å². The molecule has 0 atom stereocenters. The van der Waals surface area contributed by atoms with Crippen molar-refractivity contribution in [2.24, 2.45) is 0 Å². The fourth-order valence-corrected chi connectivity index (χ4v) is 6.50. The molecule has 9 heteroatoms. The minimum atomic E-state index is -3.88. The van der Waals surface area contributed by atoms with Crippen molar-refractivity contribution in [3.05, 3.63) is 47.5 Å². The summed E-state index contributed by atoms with van der Waals surface area (Å²) in [4.78, 5) is 0.111. The average Bonchev–Trinajstić information content (AvgIpc) is 2.65. The molecule has 1 saturated heterocycles. The van der Waals surface area contributed by atoms with Crippen LogP contribution < -0.4 is 13.8 Å². The summed E-state index contributed by atoms with van der Waals surface area (Å²) < 4.78 is 60.5. The summed E-state index contributed by atoms with van der Waals surface area (Å²) >= 11 is 0. The molecule has 7 nitrogen and oxygen atoms in total. The largest absolute Gasteiger partial charge is 0.492 e. The van der Waals surface area contributed by atoms with Crippen LogP contribution in [0.5, 0.6) is 5.75 Å². The van der Waals surface area contributed by atoms with Gasteiger partial charge in [-0.05, 0) is 69.0 Å². The van der Waals surface area contributed by atoms with Crippen LogP contribution in [0.25, 0.3) is 0 Å². The Morgan fingerprint density at radius 3 is 2.52 bits per heavy atom. The highest BCUT2D eigenvalue weighted by Gasteiger charge is 2.29. The first-order chi connectivity index (χ1) is 13.7. The SMILES string of the molecule is CCOc1ccccc1NS(=O)(=O)c1cc(C)c(N2CCCCS2(=O)=O)cc1C. The second kappa shape index (κ2) is 8.23. The zero-order chi connectivity index (χ0) is 21.2. The van der Waals surface area contributed by atoms with E-state index in [0.717, 1.165) is 6.42 Å². The Balaban J connectivity index is 1.98. The van der Waals surface area contributed by atoms with Crippen LogP contribution in [0.1, 0.15) is 30.9 Å². The molecule has 3 rings (SSSR count). The number of hydrogen-bond donors (Lipinski definition) is 1. The van der Waals surface area contributed by atoms with E-state index in [0.29, 0.717) is 47.8 Å². The first-order valence-electron chi connectivity index (χ1n) is 9.52. The van der Waals surface area contributed by atoms with Crippen LogP contribution in [0.3, 0.4) is 0 Å². The summed E-state index contributed by atoms with van der Waals surface area (Å²) in [6.07, 6.45) is 1.43. The van der Waals surface area contributed by atoms with Gasteiger partial charge in [0.1, 0.15) is 5.75 Å². The van der Waals surface area contributed by atoms with Crippen LogP contribution in [0.15, 0.2) is 41.3 Å². The molecule has 0 radical (unpaired) electrons. The summed E-state index contributed by atoms with van der Waals surface area (Å²) in [6.45, 7) is 6.05. The second-order valence-electron chi connectivity index (χ2n) is 7.03. The van der Waals surface area contributed by atoms with Crippen molar-refractivity contribution in [2.45, 2.75) is 38.5 Å². The quantitative estimate of drug-likeness (QED) is 0.746. The molecule has 1 aliphatic rings. The van der Waals surface area contributed by atoms with E-state index in [2.05, 4.69) is 4.72 Å². The highest BCUT2D eigenvalue weighted by atomic mass is 32.2. The van der Waals surface area contributed by atoms with Crippen molar-refractivity contribution in [1.82, 2.24) is 0 Å². The fourth-order valence-electron chi connectivity index (χ4n) is 3.42. The summed E-state index contributed by atoms with van der Waals surface area (Å²) in [5, 5.41) is 0. The molecule has 2 aromatic carbocycles. The Labute approximate surface area is 172 Å². The molecule has 1 fully saturated rings. The predicted molar refractivity (Wildman–Crippen MR) is 115 cm³/mol. The number of benzene rings is 2. The number of aryl methyl sites for hydroxylation is 2. The van der Waals surface area contributed by atoms with Crippen LogP contribution in [0.2, 0.25) is 0 Å². The van der Waals surface area contributed by atoms with E-state index >= 15 is 0 Å². The van der Waals surface area contributed by atoms with Gasteiger partial charge in [0.15, 0.2) is 0 Å². The number of ether oxygens (including phenoxy) is 1. The standard InChI is InChI=1S/C20H26N2O5S2/c1-4-27-19-10-6-5-9-17(19)21-29(25,26)20-14-15(2)18(13-16(20)3)22-11-7-8-12-28(22,23)24/h5-6,9-10,13-14,21H,4,7-8,11-12H2,1-3H3. The van der Waals surface area contributed by atoms with Gasteiger partial charge < -0.3 is 4.74 Å². The number of anilines is 2. The highest BCUT2D eigenvalue weighted by Crippen LogP contribution is 2.33. The molecule has 0 aromatic heterocycles. The van der Waals surface area contributed by atoms with Crippen molar-refractivity contribution < 1.29 is 21.6 Å². The van der Waals surface area contributed by atoms with Gasteiger partial charge in [-0.25, -0.2) is 16.8 Å². The van der Waals surface area contributed by atoms with Crippen LogP contribution in [-0.4, -0.2) is 35.7 Å². The van der Waals surface area contributed by atoms with E-state index in [-0.39, 0.29) is 10.6 Å². The highest BCUT2D eigenvalue weighted by molar-refractivity contribution is 7.93. The molecule has 1 heterocycles. The summed E-state index contributed by atoms with van der Waals surface area (Å²) in [7, 11) is -7.25. The molecule has 29 heavy (non-hydrogen) atoms. The Morgan fingerprint density at radius 2 is 1.83 bits per heavy atom. The molecule has 1 N–H and O–H groups in total. The first kappa shape index (κ1) is 21.4. The van der Waals surface area contributed by atoms with Crippen molar-refractivity contribution in [3.8, 4) is 5.75 Å². The Morgan fingerprint density at radius 1 is 1.10 bits per heavy atom. The number of nitrogens with zero attached hydrogens (tertiary/aromatic N) is 1. The molecular formula is C20H26N2O5S2. The summed E-state index contributed by atoms with van der Waals surface area (Å²) in [5.74, 6) is 0.561. The third kappa shape index (κ3) is 4.51.